The molecule has 1 aromatic rings. The number of hydrogen-bond donors (Lipinski definition) is 1. The second-order valence-electron chi connectivity index (χ2n) is 6.31. The maximum absolute atomic E-state index is 9.27. The first-order valence-electron chi connectivity index (χ1n) is 7.20. The van der Waals surface area contributed by atoms with E-state index >= 15 is 0 Å². The summed E-state index contributed by atoms with van der Waals surface area (Å²) < 4.78 is 12.0. The van der Waals surface area contributed by atoms with Crippen molar-refractivity contribution in [2.45, 2.75) is 38.7 Å². The molecule has 1 heterocycles. The first-order chi connectivity index (χ1) is 10.1. The summed E-state index contributed by atoms with van der Waals surface area (Å²) in [5.41, 5.74) is 1.96. The van der Waals surface area contributed by atoms with Crippen LogP contribution in [0.1, 0.15) is 38.2 Å². The fourth-order valence-corrected chi connectivity index (χ4v) is 3.70. The Morgan fingerprint density at radius 2 is 2.29 bits per heavy atom. The number of thioether (sulfide) groups is 1. The molecule has 1 aromatic carbocycles. The van der Waals surface area contributed by atoms with Crippen molar-refractivity contribution in [1.82, 2.24) is 0 Å². The number of nitrogens with zero attached hydrogens (tertiary/aromatic N) is 1. The minimum Gasteiger partial charge on any atom is -0.483 e. The van der Waals surface area contributed by atoms with Crippen LogP contribution in [0.2, 0.25) is 0 Å². The standard InChI is InChI=1S/C16H21NO3S/c1-16(2)8-7-10(17-18)15-14(16)13-11(19-9-21-3)5-4-6-12(13)20-15/h4-6,14-15,18H,7-9H2,1-3H3. The minimum atomic E-state index is -0.173. The molecule has 5 heteroatoms. The molecule has 21 heavy (non-hydrogen) atoms. The van der Waals surface area contributed by atoms with Crippen molar-refractivity contribution >= 4 is 17.5 Å². The molecule has 0 bridgehead atoms. The predicted octanol–water partition coefficient (Wildman–Crippen LogP) is 3.88. The molecule has 114 valence electrons. The van der Waals surface area contributed by atoms with Crippen LogP contribution in [0.15, 0.2) is 23.4 Å². The Bertz CT molecular complexity index is 571. The summed E-state index contributed by atoms with van der Waals surface area (Å²) in [6.07, 6.45) is 3.60. The zero-order chi connectivity index (χ0) is 15.0. The van der Waals surface area contributed by atoms with E-state index in [1.807, 2.05) is 24.5 Å². The molecule has 4 nitrogen and oxygen atoms in total. The molecule has 0 spiro atoms. The van der Waals surface area contributed by atoms with Gasteiger partial charge in [-0.3, -0.25) is 0 Å². The van der Waals surface area contributed by atoms with Gasteiger partial charge in [-0.25, -0.2) is 0 Å². The highest BCUT2D eigenvalue weighted by molar-refractivity contribution is 7.98. The molecule has 0 saturated heterocycles. The summed E-state index contributed by atoms with van der Waals surface area (Å²) in [5, 5.41) is 12.7. The molecule has 2 unspecified atom stereocenters. The van der Waals surface area contributed by atoms with Gasteiger partial charge in [-0.05, 0) is 36.6 Å². The third-order valence-electron chi connectivity index (χ3n) is 4.55. The number of fused-ring (bicyclic) bond motifs is 3. The smallest absolute Gasteiger partial charge is 0.148 e. The van der Waals surface area contributed by atoms with E-state index in [-0.39, 0.29) is 17.4 Å². The number of rotatable bonds is 3. The van der Waals surface area contributed by atoms with Crippen LogP contribution in [-0.4, -0.2) is 29.2 Å². The first-order valence-corrected chi connectivity index (χ1v) is 8.60. The molecule has 0 aromatic heterocycles. The van der Waals surface area contributed by atoms with Crippen LogP contribution < -0.4 is 9.47 Å². The average molecular weight is 307 g/mol. The second-order valence-corrected chi connectivity index (χ2v) is 7.13. The molecule has 1 saturated carbocycles. The van der Waals surface area contributed by atoms with Gasteiger partial charge in [0.05, 0.1) is 5.71 Å². The van der Waals surface area contributed by atoms with Crippen LogP contribution in [-0.2, 0) is 0 Å². The molecule has 1 aliphatic heterocycles. The summed E-state index contributed by atoms with van der Waals surface area (Å²) in [6.45, 7) is 4.51. The summed E-state index contributed by atoms with van der Waals surface area (Å²) in [5.74, 6) is 2.54. The lowest BCUT2D eigenvalue weighted by molar-refractivity contribution is 0.149. The largest absolute Gasteiger partial charge is 0.483 e. The molecule has 0 radical (unpaired) electrons. The highest BCUT2D eigenvalue weighted by Gasteiger charge is 2.51. The van der Waals surface area contributed by atoms with Crippen molar-refractivity contribution in [3.05, 3.63) is 23.8 Å². The van der Waals surface area contributed by atoms with Gasteiger partial charge < -0.3 is 14.7 Å². The summed E-state index contributed by atoms with van der Waals surface area (Å²) in [7, 11) is 0. The second kappa shape index (κ2) is 5.44. The lowest BCUT2D eigenvalue weighted by atomic mass is 9.65. The van der Waals surface area contributed by atoms with E-state index in [0.29, 0.717) is 5.94 Å². The number of benzene rings is 1. The van der Waals surface area contributed by atoms with Crippen LogP contribution in [0.25, 0.3) is 0 Å². The van der Waals surface area contributed by atoms with Crippen molar-refractivity contribution in [3.8, 4) is 11.5 Å². The Labute approximate surface area is 129 Å². The summed E-state index contributed by atoms with van der Waals surface area (Å²) in [6, 6.07) is 5.93. The minimum absolute atomic E-state index is 0.0862. The lowest BCUT2D eigenvalue weighted by Gasteiger charge is -2.39. The maximum atomic E-state index is 9.27. The van der Waals surface area contributed by atoms with Crippen LogP contribution in [0.5, 0.6) is 11.5 Å². The van der Waals surface area contributed by atoms with Gasteiger partial charge in [-0.2, -0.15) is 0 Å². The summed E-state index contributed by atoms with van der Waals surface area (Å²) >= 11 is 1.65. The average Bonchev–Trinajstić information content (AvgIpc) is 2.86. The van der Waals surface area contributed by atoms with E-state index in [9.17, 15) is 5.21 Å². The molecular formula is C16H21NO3S. The van der Waals surface area contributed by atoms with Gasteiger partial charge in [-0.15, -0.1) is 11.8 Å². The maximum Gasteiger partial charge on any atom is 0.148 e. The Hall–Kier alpha value is -1.36. The van der Waals surface area contributed by atoms with E-state index in [2.05, 4.69) is 19.0 Å². The van der Waals surface area contributed by atoms with Crippen molar-refractivity contribution in [1.29, 1.82) is 0 Å². The Morgan fingerprint density at radius 3 is 3.00 bits per heavy atom. The van der Waals surface area contributed by atoms with Gasteiger partial charge in [0.2, 0.25) is 0 Å². The van der Waals surface area contributed by atoms with Crippen LogP contribution in [0.3, 0.4) is 0 Å². The predicted molar refractivity (Wildman–Crippen MR) is 84.8 cm³/mol. The van der Waals surface area contributed by atoms with Crippen LogP contribution in [0, 0.1) is 5.41 Å². The molecule has 1 aliphatic carbocycles. The van der Waals surface area contributed by atoms with Gasteiger partial charge in [0.1, 0.15) is 23.5 Å². The normalized spacial score (nSPS) is 27.9. The first kappa shape index (κ1) is 14.6. The third-order valence-corrected chi connectivity index (χ3v) is 4.90. The zero-order valence-electron chi connectivity index (χ0n) is 12.6. The van der Waals surface area contributed by atoms with Gasteiger partial charge in [0, 0.05) is 11.5 Å². The fraction of sp³-hybridized carbons (Fsp3) is 0.562. The van der Waals surface area contributed by atoms with Gasteiger partial charge in [0.15, 0.2) is 0 Å². The Balaban J connectivity index is 2.06. The summed E-state index contributed by atoms with van der Waals surface area (Å²) in [4.78, 5) is 0. The topological polar surface area (TPSA) is 51.0 Å². The van der Waals surface area contributed by atoms with E-state index in [1.165, 1.54) is 0 Å². The molecule has 0 amide bonds. The van der Waals surface area contributed by atoms with E-state index < -0.39 is 0 Å². The van der Waals surface area contributed by atoms with Gasteiger partial charge in [-0.1, -0.05) is 25.1 Å². The van der Waals surface area contributed by atoms with Gasteiger partial charge in [0.25, 0.3) is 0 Å². The van der Waals surface area contributed by atoms with Crippen molar-refractivity contribution in [2.24, 2.45) is 10.6 Å². The van der Waals surface area contributed by atoms with Crippen LogP contribution >= 0.6 is 11.8 Å². The molecule has 1 fully saturated rings. The van der Waals surface area contributed by atoms with Gasteiger partial charge >= 0.3 is 0 Å². The Kier molecular flexibility index (Phi) is 3.78. The molecule has 2 aliphatic rings. The molecular weight excluding hydrogens is 286 g/mol. The molecule has 3 rings (SSSR count). The fourth-order valence-electron chi connectivity index (χ4n) is 3.45. The lowest BCUT2D eigenvalue weighted by Crippen LogP contribution is -2.42. The molecule has 1 N–H and O–H groups in total. The highest BCUT2D eigenvalue weighted by atomic mass is 32.2. The Morgan fingerprint density at radius 1 is 1.48 bits per heavy atom. The van der Waals surface area contributed by atoms with E-state index in [0.717, 1.165) is 35.6 Å². The van der Waals surface area contributed by atoms with Crippen molar-refractivity contribution in [2.75, 3.05) is 12.2 Å². The number of ether oxygens (including phenoxy) is 2. The van der Waals surface area contributed by atoms with E-state index in [4.69, 9.17) is 9.47 Å². The van der Waals surface area contributed by atoms with E-state index in [1.54, 1.807) is 11.8 Å². The quantitative estimate of drug-likeness (QED) is 0.523. The monoisotopic (exact) mass is 307 g/mol. The van der Waals surface area contributed by atoms with Crippen molar-refractivity contribution in [3.63, 3.8) is 0 Å². The SMILES string of the molecule is CSCOc1cccc2c1C1C(O2)C(=NO)CCC1(C)C. The zero-order valence-corrected chi connectivity index (χ0v) is 13.4. The van der Waals surface area contributed by atoms with Crippen molar-refractivity contribution < 1.29 is 14.7 Å². The number of oxime groups is 1. The highest BCUT2D eigenvalue weighted by Crippen LogP contribution is 2.56. The molecule has 2 atom stereocenters. The third kappa shape index (κ3) is 2.37. The number of hydrogen-bond acceptors (Lipinski definition) is 5. The van der Waals surface area contributed by atoms with Crippen LogP contribution in [0.4, 0.5) is 0 Å².